The van der Waals surface area contributed by atoms with Gasteiger partial charge in [0.05, 0.1) is 17.6 Å². The van der Waals surface area contributed by atoms with Gasteiger partial charge in [0.15, 0.2) is 6.29 Å². The molecular formula is C9H10N2O4. The summed E-state index contributed by atoms with van der Waals surface area (Å²) in [6.45, 7) is 1.84. The molecule has 0 bridgehead atoms. The van der Waals surface area contributed by atoms with Crippen LogP contribution in [-0.4, -0.2) is 23.3 Å². The summed E-state index contributed by atoms with van der Waals surface area (Å²) < 4.78 is 4.78. The van der Waals surface area contributed by atoms with Crippen LogP contribution in [0.2, 0.25) is 0 Å². The number of ether oxygens (including phenoxy) is 1. The maximum atomic E-state index is 10.7. The summed E-state index contributed by atoms with van der Waals surface area (Å²) in [6, 6.07) is 1.40. The summed E-state index contributed by atoms with van der Waals surface area (Å²) in [6.07, 6.45) is 1.01. The molecule has 0 aliphatic carbocycles. The third-order valence-electron chi connectivity index (χ3n) is 1.91. The van der Waals surface area contributed by atoms with Gasteiger partial charge in [0, 0.05) is 5.69 Å². The van der Waals surface area contributed by atoms with E-state index in [4.69, 9.17) is 4.74 Å². The number of carbonyl (C=O) groups is 1. The number of aromatic nitrogens is 1. The monoisotopic (exact) mass is 210 g/mol. The van der Waals surface area contributed by atoms with Gasteiger partial charge in [-0.2, -0.15) is 0 Å². The highest BCUT2D eigenvalue weighted by molar-refractivity contribution is 5.83. The van der Waals surface area contributed by atoms with Gasteiger partial charge in [-0.25, -0.2) is 4.98 Å². The van der Waals surface area contributed by atoms with Gasteiger partial charge >= 0.3 is 5.69 Å². The Morgan fingerprint density at radius 1 is 1.67 bits per heavy atom. The fourth-order valence-corrected chi connectivity index (χ4v) is 1.18. The first-order valence-corrected chi connectivity index (χ1v) is 4.31. The molecule has 15 heavy (non-hydrogen) atoms. The maximum Gasteiger partial charge on any atom is 0.341 e. The Labute approximate surface area is 86.0 Å². The molecule has 1 aromatic heterocycles. The van der Waals surface area contributed by atoms with Crippen LogP contribution in [0.5, 0.6) is 5.88 Å². The van der Waals surface area contributed by atoms with Gasteiger partial charge < -0.3 is 4.74 Å². The lowest BCUT2D eigenvalue weighted by Crippen LogP contribution is -2.03. The molecule has 1 rings (SSSR count). The molecule has 0 amide bonds. The Morgan fingerprint density at radius 3 is 2.73 bits per heavy atom. The van der Waals surface area contributed by atoms with Crippen molar-refractivity contribution in [1.29, 1.82) is 0 Å². The molecular weight excluding hydrogens is 200 g/mol. The Hall–Kier alpha value is -1.98. The van der Waals surface area contributed by atoms with Crippen molar-refractivity contribution in [2.24, 2.45) is 0 Å². The molecule has 0 spiro atoms. The highest BCUT2D eigenvalue weighted by Crippen LogP contribution is 2.28. The molecule has 0 N–H and O–H groups in total. The van der Waals surface area contributed by atoms with Gasteiger partial charge in [0.25, 0.3) is 5.88 Å². The number of nitrogens with zero attached hydrogens (tertiary/aromatic N) is 2. The molecule has 0 fully saturated rings. The van der Waals surface area contributed by atoms with Crippen LogP contribution in [0.1, 0.15) is 23.0 Å². The second-order valence-corrected chi connectivity index (χ2v) is 2.79. The summed E-state index contributed by atoms with van der Waals surface area (Å²) in [5.41, 5.74) is 0.188. The number of hydrogen-bond acceptors (Lipinski definition) is 5. The fraction of sp³-hybridized carbons (Fsp3) is 0.333. The van der Waals surface area contributed by atoms with Gasteiger partial charge in [-0.05, 0) is 12.5 Å². The zero-order chi connectivity index (χ0) is 11.4. The highest BCUT2D eigenvalue weighted by atomic mass is 16.6. The normalized spacial score (nSPS) is 9.73. The average molecular weight is 210 g/mol. The first kappa shape index (κ1) is 11.1. The Bertz CT molecular complexity index is 403. The Kier molecular flexibility index (Phi) is 3.33. The zero-order valence-corrected chi connectivity index (χ0v) is 8.39. The van der Waals surface area contributed by atoms with Gasteiger partial charge in [-0.1, -0.05) is 6.92 Å². The predicted octanol–water partition coefficient (Wildman–Crippen LogP) is 1.37. The van der Waals surface area contributed by atoms with Crippen molar-refractivity contribution in [3.05, 3.63) is 27.4 Å². The summed E-state index contributed by atoms with van der Waals surface area (Å²) >= 11 is 0. The van der Waals surface area contributed by atoms with E-state index in [1.807, 2.05) is 6.92 Å². The molecule has 1 aromatic rings. The van der Waals surface area contributed by atoms with E-state index in [0.717, 1.165) is 0 Å². The van der Waals surface area contributed by atoms with Gasteiger partial charge in [0.2, 0.25) is 0 Å². The van der Waals surface area contributed by atoms with Crippen LogP contribution in [0, 0.1) is 10.1 Å². The lowest BCUT2D eigenvalue weighted by atomic mass is 10.2. The third-order valence-corrected chi connectivity index (χ3v) is 1.91. The van der Waals surface area contributed by atoms with E-state index >= 15 is 0 Å². The minimum absolute atomic E-state index is 0.0105. The molecule has 0 radical (unpaired) electrons. The molecule has 0 unspecified atom stereocenters. The zero-order valence-electron chi connectivity index (χ0n) is 8.39. The summed E-state index contributed by atoms with van der Waals surface area (Å²) in [4.78, 5) is 24.6. The van der Waals surface area contributed by atoms with Crippen molar-refractivity contribution in [2.45, 2.75) is 13.3 Å². The summed E-state index contributed by atoms with van der Waals surface area (Å²) in [7, 11) is 1.28. The van der Waals surface area contributed by atoms with Crippen molar-refractivity contribution >= 4 is 12.0 Å². The third kappa shape index (κ3) is 2.09. The van der Waals surface area contributed by atoms with E-state index in [0.29, 0.717) is 18.4 Å². The first-order chi connectivity index (χ1) is 7.13. The van der Waals surface area contributed by atoms with Crippen LogP contribution in [0.25, 0.3) is 0 Å². The van der Waals surface area contributed by atoms with Gasteiger partial charge in [-0.3, -0.25) is 14.9 Å². The number of nitro groups is 1. The Balaban J connectivity index is 3.46. The van der Waals surface area contributed by atoms with E-state index in [9.17, 15) is 14.9 Å². The number of methoxy groups -OCH3 is 1. The molecule has 0 saturated heterocycles. The summed E-state index contributed by atoms with van der Waals surface area (Å²) in [5, 5.41) is 10.7. The van der Waals surface area contributed by atoms with E-state index in [1.165, 1.54) is 13.2 Å². The SMILES string of the molecule is CCc1cc(C=O)c([N+](=O)[O-])c(OC)n1. The molecule has 1 heterocycles. The van der Waals surface area contributed by atoms with Gasteiger partial charge in [-0.15, -0.1) is 0 Å². The van der Waals surface area contributed by atoms with Crippen LogP contribution in [0.4, 0.5) is 5.69 Å². The van der Waals surface area contributed by atoms with Crippen LogP contribution in [0.3, 0.4) is 0 Å². The predicted molar refractivity (Wildman–Crippen MR) is 52.2 cm³/mol. The lowest BCUT2D eigenvalue weighted by Gasteiger charge is -2.04. The van der Waals surface area contributed by atoms with Crippen LogP contribution in [-0.2, 0) is 6.42 Å². The quantitative estimate of drug-likeness (QED) is 0.426. The van der Waals surface area contributed by atoms with Crippen molar-refractivity contribution in [1.82, 2.24) is 4.98 Å². The maximum absolute atomic E-state index is 10.7. The minimum Gasteiger partial charge on any atom is -0.476 e. The number of carbonyl (C=O) groups excluding carboxylic acids is 1. The lowest BCUT2D eigenvalue weighted by molar-refractivity contribution is -0.386. The minimum atomic E-state index is -0.672. The van der Waals surface area contributed by atoms with E-state index in [-0.39, 0.29) is 17.1 Å². The highest BCUT2D eigenvalue weighted by Gasteiger charge is 2.23. The molecule has 0 aliphatic rings. The van der Waals surface area contributed by atoms with E-state index in [1.54, 1.807) is 0 Å². The first-order valence-electron chi connectivity index (χ1n) is 4.31. The van der Waals surface area contributed by atoms with E-state index in [2.05, 4.69) is 4.98 Å². The van der Waals surface area contributed by atoms with Crippen molar-refractivity contribution in [3.8, 4) is 5.88 Å². The second kappa shape index (κ2) is 4.50. The number of rotatable bonds is 4. The van der Waals surface area contributed by atoms with Gasteiger partial charge in [0.1, 0.15) is 0 Å². The van der Waals surface area contributed by atoms with Crippen LogP contribution >= 0.6 is 0 Å². The standard InChI is InChI=1S/C9H10N2O4/c1-3-7-4-6(5-12)8(11(13)14)9(10-7)15-2/h4-5H,3H2,1-2H3. The number of aryl methyl sites for hydroxylation is 1. The fourth-order valence-electron chi connectivity index (χ4n) is 1.18. The average Bonchev–Trinajstić information content (AvgIpc) is 2.26. The number of aldehydes is 1. The Morgan fingerprint density at radius 2 is 2.33 bits per heavy atom. The van der Waals surface area contributed by atoms with Crippen LogP contribution < -0.4 is 4.74 Å². The second-order valence-electron chi connectivity index (χ2n) is 2.79. The molecule has 6 heteroatoms. The van der Waals surface area contributed by atoms with Crippen molar-refractivity contribution in [3.63, 3.8) is 0 Å². The molecule has 80 valence electrons. The van der Waals surface area contributed by atoms with Crippen LogP contribution in [0.15, 0.2) is 6.07 Å². The number of pyridine rings is 1. The molecule has 0 atom stereocenters. The molecule has 0 aliphatic heterocycles. The summed E-state index contributed by atoms with van der Waals surface area (Å²) in [5.74, 6) is -0.124. The van der Waals surface area contributed by atoms with E-state index < -0.39 is 4.92 Å². The molecule has 0 aromatic carbocycles. The largest absolute Gasteiger partial charge is 0.476 e. The van der Waals surface area contributed by atoms with Crippen molar-refractivity contribution in [2.75, 3.05) is 7.11 Å². The topological polar surface area (TPSA) is 82.3 Å². The molecule has 0 saturated carbocycles. The molecule has 6 nitrogen and oxygen atoms in total. The number of hydrogen-bond donors (Lipinski definition) is 0. The smallest absolute Gasteiger partial charge is 0.341 e. The van der Waals surface area contributed by atoms with Crippen molar-refractivity contribution < 1.29 is 14.5 Å².